The van der Waals surface area contributed by atoms with Gasteiger partial charge in [-0.3, -0.25) is 14.6 Å². The van der Waals surface area contributed by atoms with Crippen molar-refractivity contribution in [1.29, 1.82) is 0 Å². The van der Waals surface area contributed by atoms with Crippen LogP contribution in [0.1, 0.15) is 5.69 Å². The van der Waals surface area contributed by atoms with E-state index in [0.29, 0.717) is 11.4 Å². The molecule has 0 fully saturated rings. The van der Waals surface area contributed by atoms with Gasteiger partial charge in [-0.1, -0.05) is 0 Å². The second kappa shape index (κ2) is 7.32. The zero-order valence-corrected chi connectivity index (χ0v) is 10.7. The van der Waals surface area contributed by atoms with E-state index in [1.165, 1.54) is 18.2 Å². The lowest BCUT2D eigenvalue weighted by Crippen LogP contribution is -2.39. The number of nitrogens with zero attached hydrogens (tertiary/aromatic N) is 2. The molecule has 0 spiro atoms. The SMILES string of the molecule is COCCN(CC(=O)O)C(=O)Cc1ccc(N)cn1. The van der Waals surface area contributed by atoms with Crippen molar-refractivity contribution >= 4 is 17.6 Å². The molecule has 0 unspecified atom stereocenters. The van der Waals surface area contributed by atoms with Crippen LogP contribution in [0.2, 0.25) is 0 Å². The molecule has 1 aromatic heterocycles. The number of aromatic nitrogens is 1. The number of nitrogens with two attached hydrogens (primary N) is 1. The van der Waals surface area contributed by atoms with Crippen molar-refractivity contribution in [2.75, 3.05) is 32.5 Å². The molecular weight excluding hydrogens is 250 g/mol. The number of nitrogen functional groups attached to an aromatic ring is 1. The minimum absolute atomic E-state index is 0.0390. The summed E-state index contributed by atoms with van der Waals surface area (Å²) in [5, 5.41) is 8.77. The first-order chi connectivity index (χ1) is 9.02. The molecule has 0 aromatic carbocycles. The highest BCUT2D eigenvalue weighted by Crippen LogP contribution is 2.04. The zero-order chi connectivity index (χ0) is 14.3. The van der Waals surface area contributed by atoms with E-state index in [9.17, 15) is 9.59 Å². The number of hydrogen-bond acceptors (Lipinski definition) is 5. The summed E-state index contributed by atoms with van der Waals surface area (Å²) >= 11 is 0. The van der Waals surface area contributed by atoms with E-state index in [0.717, 1.165) is 0 Å². The molecule has 7 heteroatoms. The van der Waals surface area contributed by atoms with Crippen molar-refractivity contribution in [3.63, 3.8) is 0 Å². The summed E-state index contributed by atoms with van der Waals surface area (Å²) in [7, 11) is 1.49. The first kappa shape index (κ1) is 14.9. The highest BCUT2D eigenvalue weighted by molar-refractivity contribution is 5.82. The van der Waals surface area contributed by atoms with E-state index in [1.807, 2.05) is 0 Å². The van der Waals surface area contributed by atoms with Crippen LogP contribution in [0.3, 0.4) is 0 Å². The van der Waals surface area contributed by atoms with E-state index in [4.69, 9.17) is 15.6 Å². The Morgan fingerprint density at radius 2 is 2.21 bits per heavy atom. The van der Waals surface area contributed by atoms with Gasteiger partial charge < -0.3 is 20.5 Å². The number of amides is 1. The predicted molar refractivity (Wildman–Crippen MR) is 68.4 cm³/mol. The third-order valence-electron chi connectivity index (χ3n) is 2.42. The van der Waals surface area contributed by atoms with Gasteiger partial charge in [0.2, 0.25) is 5.91 Å². The normalized spacial score (nSPS) is 10.2. The molecule has 0 atom stereocenters. The number of pyridine rings is 1. The number of carbonyl (C=O) groups excluding carboxylic acids is 1. The minimum Gasteiger partial charge on any atom is -0.480 e. The largest absolute Gasteiger partial charge is 0.480 e. The minimum atomic E-state index is -1.06. The van der Waals surface area contributed by atoms with Gasteiger partial charge in [0.1, 0.15) is 6.54 Å². The summed E-state index contributed by atoms with van der Waals surface area (Å²) in [5.41, 5.74) is 6.56. The van der Waals surface area contributed by atoms with Crippen molar-refractivity contribution < 1.29 is 19.4 Å². The molecule has 3 N–H and O–H groups in total. The maximum atomic E-state index is 12.0. The summed E-state index contributed by atoms with van der Waals surface area (Å²) in [4.78, 5) is 27.9. The second-order valence-corrected chi connectivity index (χ2v) is 3.96. The first-order valence-corrected chi connectivity index (χ1v) is 5.72. The van der Waals surface area contributed by atoms with Crippen LogP contribution in [0.4, 0.5) is 5.69 Å². The van der Waals surface area contributed by atoms with Gasteiger partial charge in [0.05, 0.1) is 24.9 Å². The van der Waals surface area contributed by atoms with Crippen LogP contribution in [0, 0.1) is 0 Å². The van der Waals surface area contributed by atoms with Gasteiger partial charge in [0.25, 0.3) is 0 Å². The summed E-state index contributed by atoms with van der Waals surface area (Å²) in [5.74, 6) is -1.37. The Bertz CT molecular complexity index is 433. The van der Waals surface area contributed by atoms with Crippen molar-refractivity contribution in [3.05, 3.63) is 24.0 Å². The Morgan fingerprint density at radius 1 is 1.47 bits per heavy atom. The number of anilines is 1. The van der Waals surface area contributed by atoms with Crippen LogP contribution in [-0.4, -0.2) is 53.7 Å². The van der Waals surface area contributed by atoms with Gasteiger partial charge in [-0.05, 0) is 12.1 Å². The topological polar surface area (TPSA) is 106 Å². The van der Waals surface area contributed by atoms with E-state index in [1.54, 1.807) is 12.1 Å². The summed E-state index contributed by atoms with van der Waals surface area (Å²) in [6, 6.07) is 3.29. The van der Waals surface area contributed by atoms with Crippen molar-refractivity contribution in [2.45, 2.75) is 6.42 Å². The van der Waals surface area contributed by atoms with Gasteiger partial charge in [0, 0.05) is 19.3 Å². The lowest BCUT2D eigenvalue weighted by molar-refractivity contribution is -0.144. The Hall–Kier alpha value is -2.15. The smallest absolute Gasteiger partial charge is 0.323 e. The van der Waals surface area contributed by atoms with Crippen LogP contribution >= 0.6 is 0 Å². The maximum absolute atomic E-state index is 12.0. The zero-order valence-electron chi connectivity index (χ0n) is 10.7. The van der Waals surface area contributed by atoms with Crippen molar-refractivity contribution in [2.24, 2.45) is 0 Å². The lowest BCUT2D eigenvalue weighted by atomic mass is 10.2. The molecule has 1 heterocycles. The maximum Gasteiger partial charge on any atom is 0.323 e. The molecule has 1 aromatic rings. The van der Waals surface area contributed by atoms with Gasteiger partial charge >= 0.3 is 5.97 Å². The summed E-state index contributed by atoms with van der Waals surface area (Å²) in [6.45, 7) is 0.169. The van der Waals surface area contributed by atoms with Gasteiger partial charge in [-0.25, -0.2) is 0 Å². The number of ether oxygens (including phenoxy) is 1. The average Bonchev–Trinajstić information content (AvgIpc) is 2.36. The van der Waals surface area contributed by atoms with Crippen LogP contribution < -0.4 is 5.73 Å². The molecule has 1 rings (SSSR count). The van der Waals surface area contributed by atoms with Crippen LogP contribution in [0.15, 0.2) is 18.3 Å². The number of carbonyl (C=O) groups is 2. The van der Waals surface area contributed by atoms with E-state index >= 15 is 0 Å². The fourth-order valence-corrected chi connectivity index (χ4v) is 1.46. The average molecular weight is 267 g/mol. The first-order valence-electron chi connectivity index (χ1n) is 5.72. The number of hydrogen-bond donors (Lipinski definition) is 2. The molecule has 1 amide bonds. The van der Waals surface area contributed by atoms with Crippen molar-refractivity contribution in [1.82, 2.24) is 9.88 Å². The van der Waals surface area contributed by atoms with Crippen LogP contribution in [0.5, 0.6) is 0 Å². The fourth-order valence-electron chi connectivity index (χ4n) is 1.46. The molecule has 0 saturated carbocycles. The molecule has 0 aliphatic carbocycles. The van der Waals surface area contributed by atoms with Crippen LogP contribution in [0.25, 0.3) is 0 Å². The molecule has 0 saturated heterocycles. The fraction of sp³-hybridized carbons (Fsp3) is 0.417. The molecule has 0 aliphatic heterocycles. The van der Waals surface area contributed by atoms with Gasteiger partial charge in [0.15, 0.2) is 0 Å². The molecule has 0 aliphatic rings. The van der Waals surface area contributed by atoms with E-state index < -0.39 is 5.97 Å². The number of rotatable bonds is 7. The van der Waals surface area contributed by atoms with Crippen LogP contribution in [-0.2, 0) is 20.7 Å². The Kier molecular flexibility index (Phi) is 5.74. The Morgan fingerprint density at radius 3 is 2.74 bits per heavy atom. The predicted octanol–water partition coefficient (Wildman–Crippen LogP) is -0.234. The van der Waals surface area contributed by atoms with Crippen molar-refractivity contribution in [3.8, 4) is 0 Å². The highest BCUT2D eigenvalue weighted by Gasteiger charge is 2.17. The summed E-state index contributed by atoms with van der Waals surface area (Å²) in [6.07, 6.45) is 1.50. The highest BCUT2D eigenvalue weighted by atomic mass is 16.5. The van der Waals surface area contributed by atoms with Gasteiger partial charge in [-0.15, -0.1) is 0 Å². The molecular formula is C12H17N3O4. The Balaban J connectivity index is 2.64. The number of aliphatic carboxylic acids is 1. The molecule has 104 valence electrons. The number of methoxy groups -OCH3 is 1. The molecule has 19 heavy (non-hydrogen) atoms. The lowest BCUT2D eigenvalue weighted by Gasteiger charge is -2.20. The molecule has 0 radical (unpaired) electrons. The third-order valence-corrected chi connectivity index (χ3v) is 2.42. The number of carboxylic acids is 1. The molecule has 0 bridgehead atoms. The standard InChI is InChI=1S/C12H17N3O4/c1-19-5-4-15(8-12(17)18)11(16)6-10-3-2-9(13)7-14-10/h2-3,7H,4-6,8,13H2,1H3,(H,17,18). The quantitative estimate of drug-likeness (QED) is 0.706. The van der Waals surface area contributed by atoms with E-state index in [-0.39, 0.29) is 32.0 Å². The Labute approximate surface area is 111 Å². The molecule has 7 nitrogen and oxygen atoms in total. The summed E-state index contributed by atoms with van der Waals surface area (Å²) < 4.78 is 4.85. The monoisotopic (exact) mass is 267 g/mol. The number of carboxylic acid groups (broad SMARTS) is 1. The van der Waals surface area contributed by atoms with E-state index in [2.05, 4.69) is 4.98 Å². The van der Waals surface area contributed by atoms with Gasteiger partial charge in [-0.2, -0.15) is 0 Å². The third kappa shape index (κ3) is 5.35. The second-order valence-electron chi connectivity index (χ2n) is 3.96.